The summed E-state index contributed by atoms with van der Waals surface area (Å²) in [4.78, 5) is 10.4. The van der Waals surface area contributed by atoms with Gasteiger partial charge in [0, 0.05) is 17.8 Å². The van der Waals surface area contributed by atoms with Gasteiger partial charge in [-0.15, -0.1) is 0 Å². The zero-order valence-corrected chi connectivity index (χ0v) is 10.9. The van der Waals surface area contributed by atoms with E-state index in [1.54, 1.807) is 6.07 Å². The fourth-order valence-electron chi connectivity index (χ4n) is 2.61. The van der Waals surface area contributed by atoms with Crippen molar-refractivity contribution in [3.05, 3.63) is 33.9 Å². The Bertz CT molecular complexity index is 522. The van der Waals surface area contributed by atoms with E-state index in [2.05, 4.69) is 12.2 Å². The van der Waals surface area contributed by atoms with Crippen LogP contribution in [0.4, 0.5) is 11.4 Å². The van der Waals surface area contributed by atoms with Crippen molar-refractivity contribution in [1.29, 1.82) is 5.26 Å². The molecule has 5 nitrogen and oxygen atoms in total. The van der Waals surface area contributed by atoms with Gasteiger partial charge in [-0.05, 0) is 30.9 Å². The van der Waals surface area contributed by atoms with E-state index in [1.807, 2.05) is 6.07 Å². The number of nitrogens with zero attached hydrogens (tertiary/aromatic N) is 2. The molecule has 0 aliphatic heterocycles. The van der Waals surface area contributed by atoms with Crippen LogP contribution in [0.5, 0.6) is 0 Å². The molecular formula is C14H17N3O2. The Balaban J connectivity index is 2.19. The summed E-state index contributed by atoms with van der Waals surface area (Å²) in [5.74, 6) is 0.573. The molecule has 19 heavy (non-hydrogen) atoms. The Hall–Kier alpha value is -2.09. The molecule has 100 valence electrons. The first kappa shape index (κ1) is 13.3. The summed E-state index contributed by atoms with van der Waals surface area (Å²) < 4.78 is 0. The lowest BCUT2D eigenvalue weighted by Crippen LogP contribution is -2.30. The van der Waals surface area contributed by atoms with Crippen molar-refractivity contribution in [2.75, 3.05) is 5.32 Å². The molecule has 1 aromatic rings. The van der Waals surface area contributed by atoms with Crippen molar-refractivity contribution < 1.29 is 4.92 Å². The minimum atomic E-state index is -0.506. The number of hydrogen-bond donors (Lipinski definition) is 1. The Labute approximate surface area is 112 Å². The van der Waals surface area contributed by atoms with E-state index < -0.39 is 4.92 Å². The van der Waals surface area contributed by atoms with Crippen LogP contribution in [-0.4, -0.2) is 11.0 Å². The average molecular weight is 259 g/mol. The predicted octanol–water partition coefficient (Wildman–Crippen LogP) is 3.46. The molecule has 0 radical (unpaired) electrons. The van der Waals surface area contributed by atoms with Gasteiger partial charge in [0.1, 0.15) is 11.6 Å². The second-order valence-electron chi connectivity index (χ2n) is 5.11. The molecule has 0 aromatic heterocycles. The molecular weight excluding hydrogens is 242 g/mol. The minimum Gasteiger partial charge on any atom is -0.382 e. The van der Waals surface area contributed by atoms with Crippen LogP contribution in [0.3, 0.4) is 0 Å². The molecule has 1 aromatic carbocycles. The number of hydrogen-bond acceptors (Lipinski definition) is 4. The summed E-state index contributed by atoms with van der Waals surface area (Å²) in [6, 6.07) is 6.92. The molecule has 1 saturated carbocycles. The normalized spacial score (nSPS) is 22.5. The largest absolute Gasteiger partial charge is 0.382 e. The van der Waals surface area contributed by atoms with Crippen molar-refractivity contribution in [2.24, 2.45) is 5.92 Å². The summed E-state index contributed by atoms with van der Waals surface area (Å²) in [5.41, 5.74) is 0.702. The van der Waals surface area contributed by atoms with Gasteiger partial charge in [-0.3, -0.25) is 10.1 Å². The molecule has 1 aliphatic rings. The van der Waals surface area contributed by atoms with Gasteiger partial charge < -0.3 is 5.32 Å². The molecule has 1 aliphatic carbocycles. The highest BCUT2D eigenvalue weighted by atomic mass is 16.6. The van der Waals surface area contributed by atoms with E-state index >= 15 is 0 Å². The molecule has 5 heteroatoms. The van der Waals surface area contributed by atoms with Crippen molar-refractivity contribution in [3.63, 3.8) is 0 Å². The van der Waals surface area contributed by atoms with Crippen LogP contribution in [0.2, 0.25) is 0 Å². The Morgan fingerprint density at radius 3 is 2.79 bits per heavy atom. The van der Waals surface area contributed by atoms with Crippen LogP contribution < -0.4 is 5.32 Å². The zero-order chi connectivity index (χ0) is 13.8. The summed E-state index contributed by atoms with van der Waals surface area (Å²) in [6.45, 7) is 2.20. The van der Waals surface area contributed by atoms with Crippen LogP contribution in [0.1, 0.15) is 38.2 Å². The fourth-order valence-corrected chi connectivity index (χ4v) is 2.61. The van der Waals surface area contributed by atoms with Gasteiger partial charge in [-0.25, -0.2) is 0 Å². The summed E-state index contributed by atoms with van der Waals surface area (Å²) in [6.07, 6.45) is 4.73. The van der Waals surface area contributed by atoms with Crippen LogP contribution in [0, 0.1) is 27.4 Å². The monoisotopic (exact) mass is 259 g/mol. The van der Waals surface area contributed by atoms with Gasteiger partial charge >= 0.3 is 0 Å². The molecule has 0 heterocycles. The number of benzene rings is 1. The highest BCUT2D eigenvalue weighted by Crippen LogP contribution is 2.29. The number of anilines is 1. The molecule has 1 N–H and O–H groups in total. The summed E-state index contributed by atoms with van der Waals surface area (Å²) >= 11 is 0. The quantitative estimate of drug-likeness (QED) is 0.666. The smallest absolute Gasteiger partial charge is 0.289 e. The van der Waals surface area contributed by atoms with Gasteiger partial charge in [0.2, 0.25) is 0 Å². The lowest BCUT2D eigenvalue weighted by atomic mass is 9.86. The molecule has 0 spiro atoms. The van der Waals surface area contributed by atoms with Crippen LogP contribution in [-0.2, 0) is 0 Å². The molecule has 0 amide bonds. The van der Waals surface area contributed by atoms with E-state index in [-0.39, 0.29) is 11.3 Å². The van der Waals surface area contributed by atoms with Gasteiger partial charge in [-0.1, -0.05) is 19.8 Å². The van der Waals surface area contributed by atoms with Crippen molar-refractivity contribution in [1.82, 2.24) is 0 Å². The van der Waals surface area contributed by atoms with E-state index in [1.165, 1.54) is 31.4 Å². The topological polar surface area (TPSA) is 79.0 Å². The van der Waals surface area contributed by atoms with Crippen LogP contribution >= 0.6 is 0 Å². The molecule has 0 bridgehead atoms. The number of nitriles is 1. The van der Waals surface area contributed by atoms with Gasteiger partial charge in [0.25, 0.3) is 5.69 Å². The van der Waals surface area contributed by atoms with Crippen molar-refractivity contribution >= 4 is 11.4 Å². The zero-order valence-electron chi connectivity index (χ0n) is 10.9. The first-order valence-corrected chi connectivity index (χ1v) is 6.57. The summed E-state index contributed by atoms with van der Waals surface area (Å²) in [5, 5.41) is 23.1. The SMILES string of the molecule is CC1CCCCC1Nc1ccc(C#N)c([N+](=O)[O-])c1. The summed E-state index contributed by atoms with van der Waals surface area (Å²) in [7, 11) is 0. The molecule has 1 fully saturated rings. The van der Waals surface area contributed by atoms with Crippen LogP contribution in [0.15, 0.2) is 18.2 Å². The molecule has 2 unspecified atom stereocenters. The number of nitro benzene ring substituents is 1. The Kier molecular flexibility index (Phi) is 4.00. The standard InChI is InChI=1S/C14H17N3O2/c1-10-4-2-3-5-13(10)16-12-7-6-11(9-15)14(8-12)17(18)19/h6-8,10,13,16H,2-5H2,1H3. The predicted molar refractivity (Wildman–Crippen MR) is 72.9 cm³/mol. The second-order valence-corrected chi connectivity index (χ2v) is 5.11. The number of rotatable bonds is 3. The molecule has 2 rings (SSSR count). The average Bonchev–Trinajstić information content (AvgIpc) is 2.41. The van der Waals surface area contributed by atoms with Crippen molar-refractivity contribution in [3.8, 4) is 6.07 Å². The highest BCUT2D eigenvalue weighted by Gasteiger charge is 2.22. The van der Waals surface area contributed by atoms with Crippen molar-refractivity contribution in [2.45, 2.75) is 38.6 Å². The number of nitro groups is 1. The molecule has 2 atom stereocenters. The maximum atomic E-state index is 10.9. The van der Waals surface area contributed by atoms with E-state index in [4.69, 9.17) is 5.26 Å². The first-order valence-electron chi connectivity index (χ1n) is 6.57. The van der Waals surface area contributed by atoms with E-state index in [9.17, 15) is 10.1 Å². The van der Waals surface area contributed by atoms with E-state index in [0.717, 1.165) is 12.1 Å². The van der Waals surface area contributed by atoms with E-state index in [0.29, 0.717) is 12.0 Å². The Morgan fingerprint density at radius 2 is 2.16 bits per heavy atom. The van der Waals surface area contributed by atoms with Gasteiger partial charge in [0.05, 0.1) is 4.92 Å². The minimum absolute atomic E-state index is 0.104. The second kappa shape index (κ2) is 5.70. The van der Waals surface area contributed by atoms with Gasteiger partial charge in [0.15, 0.2) is 0 Å². The van der Waals surface area contributed by atoms with Gasteiger partial charge in [-0.2, -0.15) is 5.26 Å². The first-order chi connectivity index (χ1) is 9.11. The maximum Gasteiger partial charge on any atom is 0.289 e. The maximum absolute atomic E-state index is 10.9. The third kappa shape index (κ3) is 3.02. The lowest BCUT2D eigenvalue weighted by molar-refractivity contribution is -0.385. The molecule has 0 saturated heterocycles. The third-order valence-electron chi connectivity index (χ3n) is 3.78. The highest BCUT2D eigenvalue weighted by molar-refractivity contribution is 5.59. The Morgan fingerprint density at radius 1 is 1.42 bits per heavy atom. The number of nitrogens with one attached hydrogen (secondary N) is 1. The lowest BCUT2D eigenvalue weighted by Gasteiger charge is -2.30. The fraction of sp³-hybridized carbons (Fsp3) is 0.500. The van der Waals surface area contributed by atoms with Crippen LogP contribution in [0.25, 0.3) is 0 Å². The third-order valence-corrected chi connectivity index (χ3v) is 3.78.